The van der Waals surface area contributed by atoms with Gasteiger partial charge in [-0.25, -0.2) is 0 Å². The standard InChI is InChI=1S/C17H24BrN3O2.ClH/c1-12(14-9-19-10-14)17(23)20-8-7-16(22)21(2)11-13-5-3-4-6-15(13)18;/h3-6,12,14,19H,7-11H2,1-2H3,(H,20,23);1H. The summed E-state index contributed by atoms with van der Waals surface area (Å²) < 4.78 is 0.996. The number of benzene rings is 1. The van der Waals surface area contributed by atoms with E-state index in [1.54, 1.807) is 11.9 Å². The van der Waals surface area contributed by atoms with E-state index in [9.17, 15) is 9.59 Å². The van der Waals surface area contributed by atoms with Crippen LogP contribution in [-0.2, 0) is 16.1 Å². The molecular weight excluding hydrogens is 394 g/mol. The maximum absolute atomic E-state index is 12.2. The molecule has 24 heavy (non-hydrogen) atoms. The van der Waals surface area contributed by atoms with Crippen molar-refractivity contribution in [3.8, 4) is 0 Å². The molecule has 1 aromatic carbocycles. The van der Waals surface area contributed by atoms with Crippen LogP contribution in [0.4, 0.5) is 0 Å². The van der Waals surface area contributed by atoms with Gasteiger partial charge in [0.05, 0.1) is 0 Å². The molecule has 0 aromatic heterocycles. The molecule has 5 nitrogen and oxygen atoms in total. The van der Waals surface area contributed by atoms with E-state index >= 15 is 0 Å². The minimum atomic E-state index is 0. The van der Waals surface area contributed by atoms with Crippen LogP contribution >= 0.6 is 28.3 Å². The lowest BCUT2D eigenvalue weighted by molar-refractivity contribution is -0.130. The fraction of sp³-hybridized carbons (Fsp3) is 0.529. The summed E-state index contributed by atoms with van der Waals surface area (Å²) in [4.78, 5) is 25.8. The van der Waals surface area contributed by atoms with Crippen LogP contribution in [0.15, 0.2) is 28.7 Å². The van der Waals surface area contributed by atoms with Crippen LogP contribution in [0.1, 0.15) is 18.9 Å². The first-order valence-corrected chi connectivity index (χ1v) is 8.74. The third-order valence-corrected chi connectivity index (χ3v) is 5.14. The number of nitrogens with one attached hydrogen (secondary N) is 2. The Morgan fingerprint density at radius 1 is 1.38 bits per heavy atom. The smallest absolute Gasteiger partial charge is 0.224 e. The van der Waals surface area contributed by atoms with Gasteiger partial charge >= 0.3 is 0 Å². The van der Waals surface area contributed by atoms with E-state index in [4.69, 9.17) is 0 Å². The van der Waals surface area contributed by atoms with Crippen LogP contribution in [0.5, 0.6) is 0 Å². The average Bonchev–Trinajstić information content (AvgIpc) is 2.47. The van der Waals surface area contributed by atoms with Gasteiger partial charge in [0.25, 0.3) is 0 Å². The van der Waals surface area contributed by atoms with E-state index in [0.717, 1.165) is 23.1 Å². The van der Waals surface area contributed by atoms with E-state index in [-0.39, 0.29) is 30.1 Å². The molecule has 2 amide bonds. The van der Waals surface area contributed by atoms with Crippen LogP contribution < -0.4 is 10.6 Å². The van der Waals surface area contributed by atoms with Crippen molar-refractivity contribution in [3.63, 3.8) is 0 Å². The minimum absolute atomic E-state index is 0. The lowest BCUT2D eigenvalue weighted by Crippen LogP contribution is -2.49. The second-order valence-electron chi connectivity index (χ2n) is 6.09. The number of hydrogen-bond acceptors (Lipinski definition) is 3. The Hall–Kier alpha value is -1.11. The number of amides is 2. The van der Waals surface area contributed by atoms with Crippen molar-refractivity contribution in [1.29, 1.82) is 0 Å². The molecule has 1 aliphatic heterocycles. The number of halogens is 2. The topological polar surface area (TPSA) is 61.4 Å². The highest BCUT2D eigenvalue weighted by molar-refractivity contribution is 9.10. The third kappa shape index (κ3) is 5.76. The van der Waals surface area contributed by atoms with Gasteiger partial charge < -0.3 is 15.5 Å². The van der Waals surface area contributed by atoms with Crippen molar-refractivity contribution in [3.05, 3.63) is 34.3 Å². The lowest BCUT2D eigenvalue weighted by atomic mass is 9.88. The summed E-state index contributed by atoms with van der Waals surface area (Å²) in [5.41, 5.74) is 1.07. The highest BCUT2D eigenvalue weighted by atomic mass is 79.9. The molecule has 2 N–H and O–H groups in total. The number of nitrogens with zero attached hydrogens (tertiary/aromatic N) is 1. The summed E-state index contributed by atoms with van der Waals surface area (Å²) in [6.45, 7) is 4.70. The highest BCUT2D eigenvalue weighted by Gasteiger charge is 2.28. The van der Waals surface area contributed by atoms with Crippen LogP contribution in [0.3, 0.4) is 0 Å². The van der Waals surface area contributed by atoms with Gasteiger partial charge in [-0.1, -0.05) is 41.1 Å². The predicted octanol–water partition coefficient (Wildman–Crippen LogP) is 2.19. The maximum atomic E-state index is 12.2. The third-order valence-electron chi connectivity index (χ3n) is 4.36. The summed E-state index contributed by atoms with van der Waals surface area (Å²) in [6.07, 6.45) is 0.322. The second-order valence-corrected chi connectivity index (χ2v) is 6.94. The number of hydrogen-bond donors (Lipinski definition) is 2. The molecular formula is C17H25BrClN3O2. The average molecular weight is 419 g/mol. The van der Waals surface area contributed by atoms with Gasteiger partial charge in [-0.3, -0.25) is 9.59 Å². The Bertz CT molecular complexity index is 567. The molecule has 0 radical (unpaired) electrons. The Labute approximate surface area is 158 Å². The predicted molar refractivity (Wildman–Crippen MR) is 101 cm³/mol. The van der Waals surface area contributed by atoms with E-state index < -0.39 is 0 Å². The fourth-order valence-corrected chi connectivity index (χ4v) is 2.90. The summed E-state index contributed by atoms with van der Waals surface area (Å²) in [5.74, 6) is 0.491. The normalized spacial score (nSPS) is 15.0. The van der Waals surface area contributed by atoms with Crippen LogP contribution in [0.25, 0.3) is 0 Å². The van der Waals surface area contributed by atoms with Crippen molar-refractivity contribution in [2.45, 2.75) is 19.9 Å². The Kier molecular flexibility index (Phi) is 8.73. The molecule has 1 heterocycles. The van der Waals surface area contributed by atoms with E-state index in [2.05, 4.69) is 26.6 Å². The van der Waals surface area contributed by atoms with Crippen molar-refractivity contribution in [2.75, 3.05) is 26.7 Å². The highest BCUT2D eigenvalue weighted by Crippen LogP contribution is 2.18. The molecule has 0 bridgehead atoms. The molecule has 1 saturated heterocycles. The summed E-state index contributed by atoms with van der Waals surface area (Å²) in [5, 5.41) is 6.04. The van der Waals surface area contributed by atoms with E-state index in [0.29, 0.717) is 25.4 Å². The Balaban J connectivity index is 0.00000288. The maximum Gasteiger partial charge on any atom is 0.224 e. The molecule has 1 fully saturated rings. The molecule has 2 rings (SSSR count). The Morgan fingerprint density at radius 2 is 2.04 bits per heavy atom. The summed E-state index contributed by atoms with van der Waals surface area (Å²) in [6, 6.07) is 7.85. The van der Waals surface area contributed by atoms with Gasteiger partial charge in [0.15, 0.2) is 0 Å². The largest absolute Gasteiger partial charge is 0.355 e. The minimum Gasteiger partial charge on any atom is -0.355 e. The molecule has 0 spiro atoms. The molecule has 1 aromatic rings. The van der Waals surface area contributed by atoms with Crippen molar-refractivity contribution >= 4 is 40.2 Å². The van der Waals surface area contributed by atoms with E-state index in [1.807, 2.05) is 31.2 Å². The quantitative estimate of drug-likeness (QED) is 0.713. The van der Waals surface area contributed by atoms with Crippen LogP contribution in [0, 0.1) is 11.8 Å². The molecule has 0 aliphatic carbocycles. The molecule has 1 aliphatic rings. The number of carbonyl (C=O) groups is 2. The zero-order chi connectivity index (χ0) is 16.8. The van der Waals surface area contributed by atoms with Crippen molar-refractivity contribution in [2.24, 2.45) is 11.8 Å². The zero-order valence-corrected chi connectivity index (χ0v) is 16.5. The molecule has 1 atom stereocenters. The summed E-state index contributed by atoms with van der Waals surface area (Å²) in [7, 11) is 1.78. The molecule has 1 unspecified atom stereocenters. The number of rotatable bonds is 7. The van der Waals surface area contributed by atoms with Gasteiger partial charge in [0.1, 0.15) is 0 Å². The first-order valence-electron chi connectivity index (χ1n) is 7.95. The van der Waals surface area contributed by atoms with Crippen molar-refractivity contribution in [1.82, 2.24) is 15.5 Å². The SMILES string of the molecule is CC(C(=O)NCCC(=O)N(C)Cc1ccccc1Br)C1CNC1.Cl. The second kappa shape index (κ2) is 10.0. The first kappa shape index (κ1) is 20.9. The van der Waals surface area contributed by atoms with Gasteiger partial charge in [0.2, 0.25) is 11.8 Å². The lowest BCUT2D eigenvalue weighted by Gasteiger charge is -2.31. The first-order chi connectivity index (χ1) is 11.0. The summed E-state index contributed by atoms with van der Waals surface area (Å²) >= 11 is 3.49. The van der Waals surface area contributed by atoms with Crippen molar-refractivity contribution < 1.29 is 9.59 Å². The van der Waals surface area contributed by atoms with Crippen LogP contribution in [-0.4, -0.2) is 43.4 Å². The monoisotopic (exact) mass is 417 g/mol. The molecule has 0 saturated carbocycles. The fourth-order valence-electron chi connectivity index (χ4n) is 2.49. The van der Waals surface area contributed by atoms with Gasteiger partial charge in [0, 0.05) is 36.9 Å². The van der Waals surface area contributed by atoms with Gasteiger partial charge in [-0.05, 0) is 30.6 Å². The zero-order valence-electron chi connectivity index (χ0n) is 14.0. The Morgan fingerprint density at radius 3 is 2.62 bits per heavy atom. The van der Waals surface area contributed by atoms with Crippen LogP contribution in [0.2, 0.25) is 0 Å². The molecule has 7 heteroatoms. The molecule has 134 valence electrons. The number of carbonyl (C=O) groups excluding carboxylic acids is 2. The van der Waals surface area contributed by atoms with Gasteiger partial charge in [-0.15, -0.1) is 12.4 Å². The van der Waals surface area contributed by atoms with E-state index in [1.165, 1.54) is 0 Å². The van der Waals surface area contributed by atoms with Gasteiger partial charge in [-0.2, -0.15) is 0 Å².